The Morgan fingerprint density at radius 1 is 1.26 bits per heavy atom. The van der Waals surface area contributed by atoms with Crippen molar-refractivity contribution in [3.8, 4) is 0 Å². The molecule has 2 N–H and O–H groups in total. The van der Waals surface area contributed by atoms with Crippen LogP contribution in [-0.4, -0.2) is 35.2 Å². The van der Waals surface area contributed by atoms with Gasteiger partial charge in [-0.05, 0) is 65.2 Å². The van der Waals surface area contributed by atoms with E-state index in [4.69, 9.17) is 10.5 Å². The van der Waals surface area contributed by atoms with E-state index in [1.807, 2.05) is 25.7 Å². The van der Waals surface area contributed by atoms with Crippen molar-refractivity contribution in [3.63, 3.8) is 0 Å². The number of nitrogens with zero attached hydrogens (tertiary/aromatic N) is 1. The van der Waals surface area contributed by atoms with Crippen molar-refractivity contribution in [2.45, 2.75) is 65.0 Å². The van der Waals surface area contributed by atoms with Gasteiger partial charge in [0.25, 0.3) is 0 Å². The van der Waals surface area contributed by atoms with Gasteiger partial charge in [0.2, 0.25) is 0 Å². The molecule has 1 heterocycles. The molecule has 0 radical (unpaired) electrons. The minimum Gasteiger partial charge on any atom is -0.444 e. The van der Waals surface area contributed by atoms with Crippen molar-refractivity contribution in [1.82, 2.24) is 4.90 Å². The molecule has 2 fully saturated rings. The summed E-state index contributed by atoms with van der Waals surface area (Å²) in [5.41, 5.74) is 5.96. The Balaban J connectivity index is 1.99. The number of ether oxygens (including phenoxy) is 1. The van der Waals surface area contributed by atoms with E-state index >= 15 is 0 Å². The van der Waals surface area contributed by atoms with Crippen molar-refractivity contribution in [3.05, 3.63) is 0 Å². The van der Waals surface area contributed by atoms with Crippen LogP contribution in [0.5, 0.6) is 0 Å². The van der Waals surface area contributed by atoms with Crippen molar-refractivity contribution >= 4 is 6.09 Å². The van der Waals surface area contributed by atoms with Crippen LogP contribution in [0.4, 0.5) is 4.79 Å². The molecule has 1 aliphatic heterocycles. The minimum absolute atomic E-state index is 0.151. The maximum Gasteiger partial charge on any atom is 0.410 e. The fraction of sp³-hybridized carbons (Fsp3) is 0.933. The molecule has 2 atom stereocenters. The number of likely N-dealkylation sites (tertiary alicyclic amines) is 1. The van der Waals surface area contributed by atoms with Crippen LogP contribution in [0.1, 0.15) is 53.9 Å². The molecule has 19 heavy (non-hydrogen) atoms. The standard InChI is InChI=1S/C15H28N2O2/c1-13(2,3)19-12(18)17-9-8-15(10-17)7-6-11(15)14(4,5)16/h11H,6-10,16H2,1-5H3/t11?,15-/m0/s1. The molecule has 0 bridgehead atoms. The summed E-state index contributed by atoms with van der Waals surface area (Å²) in [5, 5.41) is 0. The average Bonchev–Trinajstić information content (AvgIpc) is 2.56. The van der Waals surface area contributed by atoms with Crippen molar-refractivity contribution < 1.29 is 9.53 Å². The van der Waals surface area contributed by atoms with Crippen LogP contribution in [0.15, 0.2) is 0 Å². The molecule has 110 valence electrons. The molecule has 1 spiro atoms. The molecule has 1 amide bonds. The van der Waals surface area contributed by atoms with Crippen LogP contribution in [-0.2, 0) is 4.74 Å². The summed E-state index contributed by atoms with van der Waals surface area (Å²) in [6.45, 7) is 11.6. The van der Waals surface area contributed by atoms with Gasteiger partial charge in [-0.1, -0.05) is 0 Å². The zero-order valence-electron chi connectivity index (χ0n) is 13.0. The zero-order valence-corrected chi connectivity index (χ0v) is 13.0. The number of carbonyl (C=O) groups is 1. The molecule has 1 saturated heterocycles. The second-order valence-corrected chi connectivity index (χ2v) is 7.93. The van der Waals surface area contributed by atoms with E-state index in [0.717, 1.165) is 19.5 Å². The quantitative estimate of drug-likeness (QED) is 0.795. The van der Waals surface area contributed by atoms with Gasteiger partial charge in [0.1, 0.15) is 5.60 Å². The fourth-order valence-corrected chi connectivity index (χ4v) is 3.72. The van der Waals surface area contributed by atoms with Gasteiger partial charge in [0, 0.05) is 18.6 Å². The van der Waals surface area contributed by atoms with Crippen molar-refractivity contribution in [2.24, 2.45) is 17.1 Å². The van der Waals surface area contributed by atoms with Gasteiger partial charge < -0.3 is 15.4 Å². The van der Waals surface area contributed by atoms with E-state index in [2.05, 4.69) is 13.8 Å². The average molecular weight is 268 g/mol. The molecule has 0 aromatic heterocycles. The Hall–Kier alpha value is -0.770. The largest absolute Gasteiger partial charge is 0.444 e. The number of hydrogen-bond acceptors (Lipinski definition) is 3. The number of amides is 1. The van der Waals surface area contributed by atoms with Crippen LogP contribution in [0.2, 0.25) is 0 Å². The summed E-state index contributed by atoms with van der Waals surface area (Å²) in [6.07, 6.45) is 3.27. The van der Waals surface area contributed by atoms with E-state index in [0.29, 0.717) is 5.92 Å². The van der Waals surface area contributed by atoms with E-state index in [-0.39, 0.29) is 17.0 Å². The lowest BCUT2D eigenvalue weighted by Crippen LogP contribution is -2.57. The molecule has 4 heteroatoms. The highest BCUT2D eigenvalue weighted by Crippen LogP contribution is 2.56. The third-order valence-corrected chi connectivity index (χ3v) is 4.61. The second kappa shape index (κ2) is 4.37. The summed E-state index contributed by atoms with van der Waals surface area (Å²) in [7, 11) is 0. The van der Waals surface area contributed by atoms with Crippen LogP contribution in [0.3, 0.4) is 0 Å². The van der Waals surface area contributed by atoms with Gasteiger partial charge in [0.15, 0.2) is 0 Å². The Morgan fingerprint density at radius 2 is 1.89 bits per heavy atom. The first kappa shape index (κ1) is 14.6. The van der Waals surface area contributed by atoms with Gasteiger partial charge in [-0.3, -0.25) is 0 Å². The van der Waals surface area contributed by atoms with Crippen molar-refractivity contribution in [1.29, 1.82) is 0 Å². The summed E-state index contributed by atoms with van der Waals surface area (Å²) in [6, 6.07) is 0. The highest BCUT2D eigenvalue weighted by atomic mass is 16.6. The van der Waals surface area contributed by atoms with Gasteiger partial charge in [0.05, 0.1) is 0 Å². The molecule has 0 aromatic rings. The Kier molecular flexibility index (Phi) is 3.37. The number of rotatable bonds is 1. The van der Waals surface area contributed by atoms with Crippen LogP contribution in [0, 0.1) is 11.3 Å². The maximum atomic E-state index is 12.1. The van der Waals surface area contributed by atoms with Crippen molar-refractivity contribution in [2.75, 3.05) is 13.1 Å². The molecule has 1 unspecified atom stereocenters. The van der Waals surface area contributed by atoms with E-state index in [1.165, 1.54) is 12.8 Å². The molecule has 4 nitrogen and oxygen atoms in total. The lowest BCUT2D eigenvalue weighted by molar-refractivity contribution is -0.0146. The lowest BCUT2D eigenvalue weighted by atomic mass is 9.54. The first-order valence-electron chi connectivity index (χ1n) is 7.30. The predicted molar refractivity (Wildman–Crippen MR) is 75.8 cm³/mol. The van der Waals surface area contributed by atoms with Gasteiger partial charge in [-0.15, -0.1) is 0 Å². The molecule has 0 aromatic carbocycles. The lowest BCUT2D eigenvalue weighted by Gasteiger charge is -2.53. The molecule has 2 rings (SSSR count). The van der Waals surface area contributed by atoms with Crippen LogP contribution < -0.4 is 5.73 Å². The van der Waals surface area contributed by atoms with E-state index in [9.17, 15) is 4.79 Å². The summed E-state index contributed by atoms with van der Waals surface area (Å²) in [5.74, 6) is 0.521. The summed E-state index contributed by atoms with van der Waals surface area (Å²) < 4.78 is 5.46. The Labute approximate surface area is 116 Å². The van der Waals surface area contributed by atoms with Gasteiger partial charge in [-0.2, -0.15) is 0 Å². The van der Waals surface area contributed by atoms with Crippen LogP contribution in [0.25, 0.3) is 0 Å². The SMILES string of the molecule is CC(C)(C)OC(=O)N1CC[C@@]2(CCC2C(C)(C)N)C1. The Morgan fingerprint density at radius 3 is 2.32 bits per heavy atom. The van der Waals surface area contributed by atoms with E-state index < -0.39 is 5.60 Å². The maximum absolute atomic E-state index is 12.1. The number of carbonyl (C=O) groups excluding carboxylic acids is 1. The first-order chi connectivity index (χ1) is 8.54. The number of nitrogens with two attached hydrogens (primary N) is 1. The highest BCUT2D eigenvalue weighted by Gasteiger charge is 2.55. The van der Waals surface area contributed by atoms with Crippen LogP contribution >= 0.6 is 0 Å². The molecular formula is C15H28N2O2. The highest BCUT2D eigenvalue weighted by molar-refractivity contribution is 5.68. The normalized spacial score (nSPS) is 31.5. The summed E-state index contributed by atoms with van der Waals surface area (Å²) in [4.78, 5) is 14.0. The Bertz CT molecular complexity index is 367. The minimum atomic E-state index is -0.418. The first-order valence-corrected chi connectivity index (χ1v) is 7.30. The van der Waals surface area contributed by atoms with E-state index in [1.54, 1.807) is 0 Å². The summed E-state index contributed by atoms with van der Waals surface area (Å²) >= 11 is 0. The number of hydrogen-bond donors (Lipinski definition) is 1. The monoisotopic (exact) mass is 268 g/mol. The predicted octanol–water partition coefficient (Wildman–Crippen LogP) is 2.76. The molecule has 2 aliphatic rings. The van der Waals surface area contributed by atoms with Gasteiger partial charge >= 0.3 is 6.09 Å². The topological polar surface area (TPSA) is 55.6 Å². The second-order valence-electron chi connectivity index (χ2n) is 7.93. The molecule has 1 aliphatic carbocycles. The smallest absolute Gasteiger partial charge is 0.410 e. The third kappa shape index (κ3) is 2.88. The fourth-order valence-electron chi connectivity index (χ4n) is 3.72. The van der Waals surface area contributed by atoms with Gasteiger partial charge in [-0.25, -0.2) is 4.79 Å². The third-order valence-electron chi connectivity index (χ3n) is 4.61. The zero-order chi connectivity index (χ0) is 14.5. The molecular weight excluding hydrogens is 240 g/mol. The molecule has 1 saturated carbocycles.